The van der Waals surface area contributed by atoms with Crippen LogP contribution in [0, 0.1) is 5.92 Å². The van der Waals surface area contributed by atoms with Gasteiger partial charge in [0, 0.05) is 6.07 Å². The van der Waals surface area contributed by atoms with Gasteiger partial charge in [-0.25, -0.2) is 4.79 Å². The molecule has 0 unspecified atom stereocenters. The van der Waals surface area contributed by atoms with Crippen molar-refractivity contribution in [3.05, 3.63) is 50.7 Å². The van der Waals surface area contributed by atoms with E-state index in [9.17, 15) is 9.59 Å². The Balaban J connectivity index is 1.89. The van der Waals surface area contributed by atoms with E-state index in [0.717, 1.165) is 6.42 Å². The normalized spacial score (nSPS) is 10.7. The third-order valence-corrected chi connectivity index (χ3v) is 3.72. The molecule has 0 bridgehead atoms. The van der Waals surface area contributed by atoms with Gasteiger partial charge in [0.15, 0.2) is 0 Å². The summed E-state index contributed by atoms with van der Waals surface area (Å²) in [4.78, 5) is 24.1. The van der Waals surface area contributed by atoms with Gasteiger partial charge in [0.25, 0.3) is 0 Å². The molecule has 0 aliphatic heterocycles. The first-order chi connectivity index (χ1) is 10.6. The second-order valence-electron chi connectivity index (χ2n) is 5.16. The number of hydrogen-bond acceptors (Lipinski definition) is 6. The summed E-state index contributed by atoms with van der Waals surface area (Å²) in [6.45, 7) is 4.54. The fourth-order valence-corrected chi connectivity index (χ4v) is 2.24. The predicted octanol–water partition coefficient (Wildman–Crippen LogP) is 3.48. The lowest BCUT2D eigenvalue weighted by Gasteiger charge is -2.07. The van der Waals surface area contributed by atoms with Crippen LogP contribution >= 0.6 is 11.3 Å². The summed E-state index contributed by atoms with van der Waals surface area (Å²) in [5, 5.41) is 1.79. The summed E-state index contributed by atoms with van der Waals surface area (Å²) in [6.07, 6.45) is 2.12. The molecule has 0 saturated carbocycles. The van der Waals surface area contributed by atoms with Crippen LogP contribution in [0.4, 0.5) is 0 Å². The molecule has 0 atom stereocenters. The molecule has 0 amide bonds. The smallest absolute Gasteiger partial charge is 0.348 e. The monoisotopic (exact) mass is 322 g/mol. The number of carbonyl (C=O) groups excluding carboxylic acids is 1. The van der Waals surface area contributed by atoms with Crippen molar-refractivity contribution in [2.45, 2.75) is 26.9 Å². The van der Waals surface area contributed by atoms with Gasteiger partial charge in [0.1, 0.15) is 23.5 Å². The van der Waals surface area contributed by atoms with Gasteiger partial charge in [-0.1, -0.05) is 19.9 Å². The van der Waals surface area contributed by atoms with Crippen molar-refractivity contribution in [1.29, 1.82) is 0 Å². The molecule has 0 N–H and O–H groups in total. The third kappa shape index (κ3) is 4.73. The molecule has 0 aromatic carbocycles. The maximum Gasteiger partial charge on any atom is 0.348 e. The second kappa shape index (κ2) is 7.79. The first-order valence-corrected chi connectivity index (χ1v) is 7.89. The summed E-state index contributed by atoms with van der Waals surface area (Å²) < 4.78 is 15.7. The van der Waals surface area contributed by atoms with E-state index in [1.807, 2.05) is 0 Å². The van der Waals surface area contributed by atoms with Crippen molar-refractivity contribution in [2.75, 3.05) is 6.61 Å². The van der Waals surface area contributed by atoms with Crippen molar-refractivity contribution >= 4 is 17.3 Å². The van der Waals surface area contributed by atoms with Crippen molar-refractivity contribution in [3.8, 4) is 5.75 Å². The molecule has 0 spiro atoms. The van der Waals surface area contributed by atoms with Gasteiger partial charge in [-0.2, -0.15) is 0 Å². The third-order valence-electron chi connectivity index (χ3n) is 2.87. The lowest BCUT2D eigenvalue weighted by Crippen LogP contribution is -2.11. The standard InChI is InChI=1S/C16H18O5S/c1-11(2)5-6-19-14-10-20-12(8-13(14)17)9-21-16(18)15-4-3-7-22-15/h3-4,7-8,10-11H,5-6,9H2,1-2H3. The highest BCUT2D eigenvalue weighted by Gasteiger charge is 2.10. The summed E-state index contributed by atoms with van der Waals surface area (Å²) in [5.41, 5.74) is -0.280. The Hall–Kier alpha value is -2.08. The molecule has 0 radical (unpaired) electrons. The topological polar surface area (TPSA) is 65.7 Å². The highest BCUT2D eigenvalue weighted by atomic mass is 32.1. The molecular weight excluding hydrogens is 304 g/mol. The van der Waals surface area contributed by atoms with Gasteiger partial charge in [0.2, 0.25) is 11.2 Å². The zero-order chi connectivity index (χ0) is 15.9. The largest absolute Gasteiger partial charge is 0.487 e. The predicted molar refractivity (Wildman–Crippen MR) is 83.4 cm³/mol. The lowest BCUT2D eigenvalue weighted by atomic mass is 10.1. The summed E-state index contributed by atoms with van der Waals surface area (Å²) in [5.74, 6) is 0.526. The summed E-state index contributed by atoms with van der Waals surface area (Å²) in [6, 6.07) is 4.73. The van der Waals surface area contributed by atoms with Crippen LogP contribution in [0.2, 0.25) is 0 Å². The average molecular weight is 322 g/mol. The molecule has 6 heteroatoms. The van der Waals surface area contributed by atoms with Crippen LogP contribution in [0.1, 0.15) is 35.7 Å². The Morgan fingerprint density at radius 3 is 2.86 bits per heavy atom. The van der Waals surface area contributed by atoms with Gasteiger partial charge in [-0.05, 0) is 23.8 Å². The molecule has 22 heavy (non-hydrogen) atoms. The van der Waals surface area contributed by atoms with E-state index >= 15 is 0 Å². The van der Waals surface area contributed by atoms with E-state index in [1.165, 1.54) is 23.7 Å². The molecule has 2 heterocycles. The SMILES string of the molecule is CC(C)CCOc1coc(COC(=O)c2cccs2)cc1=O. The number of esters is 1. The van der Waals surface area contributed by atoms with Gasteiger partial charge in [-0.15, -0.1) is 11.3 Å². The minimum atomic E-state index is -0.435. The highest BCUT2D eigenvalue weighted by molar-refractivity contribution is 7.11. The Labute approximate surface area is 132 Å². The van der Waals surface area contributed by atoms with Crippen molar-refractivity contribution in [1.82, 2.24) is 0 Å². The van der Waals surface area contributed by atoms with E-state index in [2.05, 4.69) is 13.8 Å². The van der Waals surface area contributed by atoms with Crippen LogP contribution in [-0.4, -0.2) is 12.6 Å². The van der Waals surface area contributed by atoms with Crippen LogP contribution in [0.15, 0.2) is 39.1 Å². The van der Waals surface area contributed by atoms with Crippen LogP contribution in [0.25, 0.3) is 0 Å². The van der Waals surface area contributed by atoms with Crippen LogP contribution < -0.4 is 10.2 Å². The highest BCUT2D eigenvalue weighted by Crippen LogP contribution is 2.13. The fourth-order valence-electron chi connectivity index (χ4n) is 1.63. The van der Waals surface area contributed by atoms with Crippen molar-refractivity contribution < 1.29 is 18.7 Å². The molecular formula is C16H18O5S. The van der Waals surface area contributed by atoms with Crippen molar-refractivity contribution in [2.24, 2.45) is 5.92 Å². The van der Waals surface area contributed by atoms with E-state index in [-0.39, 0.29) is 23.5 Å². The Kier molecular flexibility index (Phi) is 5.77. The minimum absolute atomic E-state index is 0.0851. The Bertz CT molecular complexity index is 657. The Morgan fingerprint density at radius 2 is 2.23 bits per heavy atom. The molecule has 2 rings (SSSR count). The first kappa shape index (κ1) is 16.3. The molecule has 0 aliphatic carbocycles. The van der Waals surface area contributed by atoms with Gasteiger partial charge in [0.05, 0.1) is 6.61 Å². The molecule has 5 nitrogen and oxygen atoms in total. The van der Waals surface area contributed by atoms with Crippen molar-refractivity contribution in [3.63, 3.8) is 0 Å². The number of carbonyl (C=O) groups is 1. The molecule has 2 aromatic rings. The maximum absolute atomic E-state index is 11.9. The first-order valence-electron chi connectivity index (χ1n) is 7.01. The van der Waals surface area contributed by atoms with E-state index in [4.69, 9.17) is 13.9 Å². The molecule has 0 saturated heterocycles. The quantitative estimate of drug-likeness (QED) is 0.730. The van der Waals surface area contributed by atoms with Crippen LogP contribution in [0.5, 0.6) is 5.75 Å². The van der Waals surface area contributed by atoms with Gasteiger partial charge < -0.3 is 13.9 Å². The molecule has 0 aliphatic rings. The molecule has 0 fully saturated rings. The number of thiophene rings is 1. The van der Waals surface area contributed by atoms with E-state index in [0.29, 0.717) is 17.4 Å². The number of ether oxygens (including phenoxy) is 2. The van der Waals surface area contributed by atoms with E-state index < -0.39 is 5.97 Å². The average Bonchev–Trinajstić information content (AvgIpc) is 3.01. The molecule has 118 valence electrons. The lowest BCUT2D eigenvalue weighted by molar-refractivity contribution is 0.0448. The van der Waals surface area contributed by atoms with Gasteiger partial charge >= 0.3 is 5.97 Å². The second-order valence-corrected chi connectivity index (χ2v) is 6.11. The zero-order valence-corrected chi connectivity index (χ0v) is 13.4. The fraction of sp³-hybridized carbons (Fsp3) is 0.375. The summed E-state index contributed by atoms with van der Waals surface area (Å²) in [7, 11) is 0. The Morgan fingerprint density at radius 1 is 1.41 bits per heavy atom. The maximum atomic E-state index is 11.9. The van der Waals surface area contributed by atoms with E-state index in [1.54, 1.807) is 17.5 Å². The van der Waals surface area contributed by atoms with Crippen LogP contribution in [-0.2, 0) is 11.3 Å². The zero-order valence-electron chi connectivity index (χ0n) is 12.5. The minimum Gasteiger partial charge on any atom is -0.487 e. The van der Waals surface area contributed by atoms with Gasteiger partial charge in [-0.3, -0.25) is 4.79 Å². The molecule has 2 aromatic heterocycles. The number of rotatable bonds is 7. The number of hydrogen-bond donors (Lipinski definition) is 0. The van der Waals surface area contributed by atoms with Crippen LogP contribution in [0.3, 0.4) is 0 Å². The summed E-state index contributed by atoms with van der Waals surface area (Å²) >= 11 is 1.30.